The quantitative estimate of drug-likeness (QED) is 0.172. The van der Waals surface area contributed by atoms with Gasteiger partial charge in [0.25, 0.3) is 0 Å². The molecule has 0 amide bonds. The van der Waals surface area contributed by atoms with E-state index < -0.39 is 0 Å². The fraction of sp³-hybridized carbons (Fsp3) is 0. The molecule has 3 heterocycles. The van der Waals surface area contributed by atoms with E-state index in [1.54, 1.807) is 0 Å². The van der Waals surface area contributed by atoms with Gasteiger partial charge in [0.15, 0.2) is 5.82 Å². The Morgan fingerprint density at radius 1 is 0.268 bits per heavy atom. The minimum Gasteiger partial charge on any atom is -0.278 e. The highest BCUT2D eigenvalue weighted by molar-refractivity contribution is 6.10. The molecule has 0 aliphatic heterocycles. The van der Waals surface area contributed by atoms with Gasteiger partial charge in [-0.1, -0.05) is 176 Å². The van der Waals surface area contributed by atoms with Gasteiger partial charge in [-0.2, -0.15) is 15.0 Å². The molecule has 0 bridgehead atoms. The van der Waals surface area contributed by atoms with Crippen molar-refractivity contribution in [1.82, 2.24) is 24.1 Å². The number of para-hydroxylation sites is 3. The second-order valence-corrected chi connectivity index (χ2v) is 14.1. The fourth-order valence-corrected chi connectivity index (χ4v) is 8.22. The lowest BCUT2D eigenvalue weighted by Gasteiger charge is -2.14. The van der Waals surface area contributed by atoms with Crippen LogP contribution in [0, 0.1) is 0 Å². The summed E-state index contributed by atoms with van der Waals surface area (Å²) in [6.07, 6.45) is 0. The van der Waals surface area contributed by atoms with Gasteiger partial charge in [0.1, 0.15) is 0 Å². The van der Waals surface area contributed by atoms with Crippen molar-refractivity contribution in [1.29, 1.82) is 0 Å². The van der Waals surface area contributed by atoms with E-state index in [1.165, 1.54) is 16.7 Å². The van der Waals surface area contributed by atoms with E-state index in [1.807, 2.05) is 0 Å². The first-order valence-corrected chi connectivity index (χ1v) is 18.9. The summed E-state index contributed by atoms with van der Waals surface area (Å²) < 4.78 is 4.37. The van der Waals surface area contributed by atoms with E-state index in [4.69, 9.17) is 15.0 Å². The lowest BCUT2D eigenvalue weighted by atomic mass is 9.94. The fourth-order valence-electron chi connectivity index (χ4n) is 8.22. The van der Waals surface area contributed by atoms with Crippen LogP contribution in [0.1, 0.15) is 0 Å². The van der Waals surface area contributed by atoms with E-state index in [9.17, 15) is 0 Å². The number of benzene rings is 8. The Bertz CT molecular complexity index is 3180. The molecule has 3 aromatic heterocycles. The third-order valence-corrected chi connectivity index (χ3v) is 10.8. The van der Waals surface area contributed by atoms with Crippen LogP contribution in [0.5, 0.6) is 0 Å². The Labute approximate surface area is 323 Å². The van der Waals surface area contributed by atoms with E-state index >= 15 is 0 Å². The summed E-state index contributed by atoms with van der Waals surface area (Å²) in [7, 11) is 0. The molecule has 11 aromatic rings. The summed E-state index contributed by atoms with van der Waals surface area (Å²) in [5.41, 5.74) is 12.0. The monoisotopic (exact) mass is 715 g/mol. The molecule has 8 aromatic carbocycles. The van der Waals surface area contributed by atoms with Crippen molar-refractivity contribution in [3.05, 3.63) is 200 Å². The van der Waals surface area contributed by atoms with Crippen molar-refractivity contribution in [3.8, 4) is 56.7 Å². The van der Waals surface area contributed by atoms with Crippen LogP contribution in [0.2, 0.25) is 0 Å². The molecule has 0 saturated heterocycles. The van der Waals surface area contributed by atoms with Gasteiger partial charge < -0.3 is 0 Å². The minimum absolute atomic E-state index is 0.557. The predicted octanol–water partition coefficient (Wildman–Crippen LogP) is 12.7. The molecule has 56 heavy (non-hydrogen) atoms. The second kappa shape index (κ2) is 13.0. The van der Waals surface area contributed by atoms with Gasteiger partial charge in [-0.15, -0.1) is 0 Å². The summed E-state index contributed by atoms with van der Waals surface area (Å²) in [6.45, 7) is 0. The zero-order valence-electron chi connectivity index (χ0n) is 30.3. The smallest absolute Gasteiger partial charge is 0.240 e. The standard InChI is InChI=1S/C51H33N5/c1-3-15-34(16-4-1)38-31-32-44-43-23-11-14-26-47(43)56(48(44)33-38)51-53-49(52-50(54-51)55-45-24-12-9-21-41(45)42-22-10-13-25-46(42)55)37-29-27-36(28-30-37)40-20-8-7-19-39(40)35-17-5-2-6-18-35/h1-33H. The second-order valence-electron chi connectivity index (χ2n) is 14.1. The van der Waals surface area contributed by atoms with Crippen LogP contribution in [0.25, 0.3) is 100 Å². The molecule has 0 aliphatic carbocycles. The lowest BCUT2D eigenvalue weighted by Crippen LogP contribution is -2.10. The van der Waals surface area contributed by atoms with Crippen molar-refractivity contribution < 1.29 is 0 Å². The Hall–Kier alpha value is -7.63. The van der Waals surface area contributed by atoms with Crippen molar-refractivity contribution in [2.75, 3.05) is 0 Å². The Morgan fingerprint density at radius 2 is 0.661 bits per heavy atom. The van der Waals surface area contributed by atoms with Crippen molar-refractivity contribution >= 4 is 43.6 Å². The molecule has 0 unspecified atom stereocenters. The largest absolute Gasteiger partial charge is 0.278 e. The highest BCUT2D eigenvalue weighted by atomic mass is 15.3. The van der Waals surface area contributed by atoms with Gasteiger partial charge in [-0.05, 0) is 57.6 Å². The summed E-state index contributed by atoms with van der Waals surface area (Å²) in [5, 5.41) is 4.58. The van der Waals surface area contributed by atoms with Crippen LogP contribution in [0.15, 0.2) is 200 Å². The highest BCUT2D eigenvalue weighted by Crippen LogP contribution is 2.37. The number of aromatic nitrogens is 5. The molecule has 5 heteroatoms. The zero-order valence-corrected chi connectivity index (χ0v) is 30.3. The Balaban J connectivity index is 1.15. The van der Waals surface area contributed by atoms with Crippen LogP contribution in [0.3, 0.4) is 0 Å². The third-order valence-electron chi connectivity index (χ3n) is 10.8. The average molecular weight is 716 g/mol. The molecule has 0 radical (unpaired) electrons. The van der Waals surface area contributed by atoms with Crippen LogP contribution >= 0.6 is 0 Å². The van der Waals surface area contributed by atoms with E-state index in [0.29, 0.717) is 17.7 Å². The Kier molecular flexibility index (Phi) is 7.42. The van der Waals surface area contributed by atoms with Crippen LogP contribution in [-0.2, 0) is 0 Å². The summed E-state index contributed by atoms with van der Waals surface area (Å²) in [6, 6.07) is 70.4. The lowest BCUT2D eigenvalue weighted by molar-refractivity contribution is 0.893. The number of nitrogens with zero attached hydrogens (tertiary/aromatic N) is 5. The number of hydrogen-bond donors (Lipinski definition) is 0. The molecule has 0 fully saturated rings. The van der Waals surface area contributed by atoms with Gasteiger partial charge in [-0.3, -0.25) is 9.13 Å². The maximum absolute atomic E-state index is 5.36. The molecular formula is C51H33N5. The maximum atomic E-state index is 5.36. The average Bonchev–Trinajstić information content (AvgIpc) is 3.80. The molecule has 0 saturated carbocycles. The molecule has 0 spiro atoms. The number of fused-ring (bicyclic) bond motifs is 6. The molecule has 5 nitrogen and oxygen atoms in total. The molecule has 262 valence electrons. The van der Waals surface area contributed by atoms with Crippen molar-refractivity contribution in [2.24, 2.45) is 0 Å². The van der Waals surface area contributed by atoms with E-state index in [0.717, 1.165) is 65.9 Å². The summed E-state index contributed by atoms with van der Waals surface area (Å²) in [4.78, 5) is 16.0. The molecule has 0 aliphatic rings. The van der Waals surface area contributed by atoms with Gasteiger partial charge >= 0.3 is 0 Å². The van der Waals surface area contributed by atoms with Crippen LogP contribution in [0.4, 0.5) is 0 Å². The topological polar surface area (TPSA) is 48.5 Å². The summed E-state index contributed by atoms with van der Waals surface area (Å²) in [5.74, 6) is 1.72. The van der Waals surface area contributed by atoms with Gasteiger partial charge in [0.2, 0.25) is 11.9 Å². The first-order chi connectivity index (χ1) is 27.8. The van der Waals surface area contributed by atoms with E-state index in [-0.39, 0.29) is 0 Å². The zero-order chi connectivity index (χ0) is 37.0. The van der Waals surface area contributed by atoms with Crippen molar-refractivity contribution in [2.45, 2.75) is 0 Å². The van der Waals surface area contributed by atoms with Crippen LogP contribution in [-0.4, -0.2) is 24.1 Å². The molecule has 11 rings (SSSR count). The SMILES string of the molecule is c1ccc(-c2ccc3c4ccccc4n(-c4nc(-c5ccc(-c6ccccc6-c6ccccc6)cc5)nc(-n5c6ccccc6c6ccccc65)n4)c3c2)cc1. The molecule has 0 N–H and O–H groups in total. The first-order valence-electron chi connectivity index (χ1n) is 18.9. The normalized spacial score (nSPS) is 11.6. The number of hydrogen-bond acceptors (Lipinski definition) is 3. The van der Waals surface area contributed by atoms with E-state index in [2.05, 4.69) is 209 Å². The van der Waals surface area contributed by atoms with Gasteiger partial charge in [0.05, 0.1) is 22.1 Å². The predicted molar refractivity (Wildman–Crippen MR) is 230 cm³/mol. The first kappa shape index (κ1) is 31.9. The van der Waals surface area contributed by atoms with Crippen LogP contribution < -0.4 is 0 Å². The Morgan fingerprint density at radius 3 is 1.21 bits per heavy atom. The van der Waals surface area contributed by atoms with Crippen molar-refractivity contribution in [3.63, 3.8) is 0 Å². The third kappa shape index (κ3) is 5.21. The molecule has 0 atom stereocenters. The maximum Gasteiger partial charge on any atom is 0.240 e. The highest BCUT2D eigenvalue weighted by Gasteiger charge is 2.21. The minimum atomic E-state index is 0.557. The summed E-state index contributed by atoms with van der Waals surface area (Å²) >= 11 is 0. The van der Waals surface area contributed by atoms with Gasteiger partial charge in [-0.25, -0.2) is 0 Å². The molecular weight excluding hydrogens is 683 g/mol. The number of rotatable bonds is 6. The van der Waals surface area contributed by atoms with Gasteiger partial charge in [0, 0.05) is 27.1 Å².